The standard InChI is InChI=1S/C22H28N2O4/c1-23(11-12-28-19-7-5-4-6-8-19)16-22(25)24-10-9-17-13-20(26-2)21(27-3)14-18(17)15-24/h4-8,13-14H,9-12,15-16H2,1-3H3. The third-order valence-electron chi connectivity index (χ3n) is 4.96. The Labute approximate surface area is 166 Å². The predicted molar refractivity (Wildman–Crippen MR) is 108 cm³/mol. The Hall–Kier alpha value is -2.73. The van der Waals surface area contributed by atoms with Crippen LogP contribution in [0.5, 0.6) is 17.2 Å². The highest BCUT2D eigenvalue weighted by Crippen LogP contribution is 2.33. The lowest BCUT2D eigenvalue weighted by atomic mass is 9.98. The van der Waals surface area contributed by atoms with Crippen LogP contribution in [0.2, 0.25) is 0 Å². The molecule has 1 aliphatic rings. The molecular weight excluding hydrogens is 356 g/mol. The molecule has 0 spiro atoms. The fraction of sp³-hybridized carbons (Fsp3) is 0.409. The van der Waals surface area contributed by atoms with Crippen molar-refractivity contribution in [3.05, 3.63) is 53.6 Å². The lowest BCUT2D eigenvalue weighted by Gasteiger charge is -2.31. The van der Waals surface area contributed by atoms with Gasteiger partial charge >= 0.3 is 0 Å². The van der Waals surface area contributed by atoms with E-state index in [1.165, 1.54) is 5.56 Å². The van der Waals surface area contributed by atoms with Gasteiger partial charge in [0.05, 0.1) is 20.8 Å². The van der Waals surface area contributed by atoms with Gasteiger partial charge in [-0.1, -0.05) is 18.2 Å². The summed E-state index contributed by atoms with van der Waals surface area (Å²) >= 11 is 0. The number of likely N-dealkylation sites (N-methyl/N-ethyl adjacent to an activating group) is 1. The smallest absolute Gasteiger partial charge is 0.237 e. The van der Waals surface area contributed by atoms with Crippen molar-refractivity contribution in [1.82, 2.24) is 9.80 Å². The Balaban J connectivity index is 1.51. The normalized spacial score (nSPS) is 13.2. The largest absolute Gasteiger partial charge is 0.493 e. The number of rotatable bonds is 8. The fourth-order valence-corrected chi connectivity index (χ4v) is 3.34. The Morgan fingerprint density at radius 2 is 1.75 bits per heavy atom. The van der Waals surface area contributed by atoms with Gasteiger partial charge in [0.1, 0.15) is 12.4 Å². The van der Waals surface area contributed by atoms with Crippen LogP contribution >= 0.6 is 0 Å². The van der Waals surface area contributed by atoms with E-state index in [0.29, 0.717) is 32.0 Å². The summed E-state index contributed by atoms with van der Waals surface area (Å²) in [6.45, 7) is 2.93. The lowest BCUT2D eigenvalue weighted by molar-refractivity contribution is -0.133. The van der Waals surface area contributed by atoms with Crippen molar-refractivity contribution < 1.29 is 19.0 Å². The quantitative estimate of drug-likeness (QED) is 0.700. The average molecular weight is 384 g/mol. The second kappa shape index (κ2) is 9.46. The first-order chi connectivity index (χ1) is 13.6. The van der Waals surface area contributed by atoms with Gasteiger partial charge in [-0.2, -0.15) is 0 Å². The molecule has 0 aromatic heterocycles. The molecule has 6 heteroatoms. The summed E-state index contributed by atoms with van der Waals surface area (Å²) in [4.78, 5) is 16.6. The van der Waals surface area contributed by atoms with Crippen molar-refractivity contribution in [2.45, 2.75) is 13.0 Å². The highest BCUT2D eigenvalue weighted by atomic mass is 16.5. The van der Waals surface area contributed by atoms with E-state index in [1.54, 1.807) is 14.2 Å². The summed E-state index contributed by atoms with van der Waals surface area (Å²) in [6.07, 6.45) is 0.822. The minimum Gasteiger partial charge on any atom is -0.493 e. The van der Waals surface area contributed by atoms with Crippen LogP contribution in [-0.4, -0.2) is 63.2 Å². The van der Waals surface area contributed by atoms with Crippen molar-refractivity contribution in [2.24, 2.45) is 0 Å². The number of methoxy groups -OCH3 is 2. The van der Waals surface area contributed by atoms with E-state index >= 15 is 0 Å². The molecule has 0 radical (unpaired) electrons. The van der Waals surface area contributed by atoms with E-state index in [0.717, 1.165) is 30.0 Å². The number of carbonyl (C=O) groups is 1. The van der Waals surface area contributed by atoms with Gasteiger partial charge in [0.25, 0.3) is 0 Å². The van der Waals surface area contributed by atoms with Crippen molar-refractivity contribution in [2.75, 3.05) is 47.5 Å². The minimum absolute atomic E-state index is 0.127. The molecule has 0 N–H and O–H groups in total. The van der Waals surface area contributed by atoms with E-state index in [4.69, 9.17) is 14.2 Å². The molecule has 1 amide bonds. The molecular formula is C22H28N2O4. The molecule has 6 nitrogen and oxygen atoms in total. The molecule has 0 unspecified atom stereocenters. The number of amides is 1. The molecule has 28 heavy (non-hydrogen) atoms. The summed E-state index contributed by atoms with van der Waals surface area (Å²) in [7, 11) is 5.21. The average Bonchev–Trinajstić information content (AvgIpc) is 2.72. The number of hydrogen-bond donors (Lipinski definition) is 0. The Bertz CT molecular complexity index is 795. The molecule has 0 saturated carbocycles. The number of fused-ring (bicyclic) bond motifs is 1. The van der Waals surface area contributed by atoms with Crippen LogP contribution < -0.4 is 14.2 Å². The second-order valence-corrected chi connectivity index (χ2v) is 6.94. The summed E-state index contributed by atoms with van der Waals surface area (Å²) in [5.41, 5.74) is 2.33. The molecule has 0 fully saturated rings. The number of hydrogen-bond acceptors (Lipinski definition) is 5. The Kier molecular flexibility index (Phi) is 6.76. The number of ether oxygens (including phenoxy) is 3. The van der Waals surface area contributed by atoms with Gasteiger partial charge in [0.15, 0.2) is 11.5 Å². The molecule has 3 rings (SSSR count). The van der Waals surface area contributed by atoms with Crippen LogP contribution in [-0.2, 0) is 17.8 Å². The third kappa shape index (κ3) is 4.95. The van der Waals surface area contributed by atoms with Crippen LogP contribution in [0.1, 0.15) is 11.1 Å². The van der Waals surface area contributed by atoms with E-state index in [2.05, 4.69) is 0 Å². The number of para-hydroxylation sites is 1. The lowest BCUT2D eigenvalue weighted by Crippen LogP contribution is -2.42. The van der Waals surface area contributed by atoms with Gasteiger partial charge in [0.2, 0.25) is 5.91 Å². The molecule has 0 bridgehead atoms. The molecule has 2 aromatic rings. The van der Waals surface area contributed by atoms with Crippen LogP contribution in [0.15, 0.2) is 42.5 Å². The maximum absolute atomic E-state index is 12.7. The van der Waals surface area contributed by atoms with Gasteiger partial charge in [-0.15, -0.1) is 0 Å². The van der Waals surface area contributed by atoms with Crippen LogP contribution in [0.3, 0.4) is 0 Å². The molecule has 1 heterocycles. The van der Waals surface area contributed by atoms with Crippen molar-refractivity contribution in [3.63, 3.8) is 0 Å². The van der Waals surface area contributed by atoms with Gasteiger partial charge in [0, 0.05) is 19.6 Å². The fourth-order valence-electron chi connectivity index (χ4n) is 3.34. The summed E-state index contributed by atoms with van der Waals surface area (Å²) < 4.78 is 16.5. The molecule has 2 aromatic carbocycles. The molecule has 0 atom stereocenters. The van der Waals surface area contributed by atoms with E-state index in [1.807, 2.05) is 59.3 Å². The first-order valence-electron chi connectivity index (χ1n) is 9.48. The van der Waals surface area contributed by atoms with Crippen molar-refractivity contribution >= 4 is 5.91 Å². The van der Waals surface area contributed by atoms with Gasteiger partial charge < -0.3 is 19.1 Å². The zero-order valence-corrected chi connectivity index (χ0v) is 16.8. The van der Waals surface area contributed by atoms with E-state index < -0.39 is 0 Å². The zero-order valence-electron chi connectivity index (χ0n) is 16.8. The third-order valence-corrected chi connectivity index (χ3v) is 4.96. The highest BCUT2D eigenvalue weighted by molar-refractivity contribution is 5.78. The van der Waals surface area contributed by atoms with Crippen molar-refractivity contribution in [3.8, 4) is 17.2 Å². The van der Waals surface area contributed by atoms with Gasteiger partial charge in [-0.25, -0.2) is 0 Å². The summed E-state index contributed by atoms with van der Waals surface area (Å²) in [5, 5.41) is 0. The second-order valence-electron chi connectivity index (χ2n) is 6.94. The number of benzene rings is 2. The topological polar surface area (TPSA) is 51.2 Å². The molecule has 1 aliphatic heterocycles. The Morgan fingerprint density at radius 3 is 2.43 bits per heavy atom. The maximum Gasteiger partial charge on any atom is 0.237 e. The van der Waals surface area contributed by atoms with Crippen molar-refractivity contribution in [1.29, 1.82) is 0 Å². The van der Waals surface area contributed by atoms with Gasteiger partial charge in [-0.05, 0) is 48.9 Å². The summed E-state index contributed by atoms with van der Waals surface area (Å²) in [6, 6.07) is 13.7. The molecule has 0 saturated heterocycles. The Morgan fingerprint density at radius 1 is 1.07 bits per heavy atom. The van der Waals surface area contributed by atoms with E-state index in [-0.39, 0.29) is 5.91 Å². The first-order valence-corrected chi connectivity index (χ1v) is 9.48. The predicted octanol–water partition coefficient (Wildman–Crippen LogP) is 2.60. The first kappa shape index (κ1) is 20.0. The van der Waals surface area contributed by atoms with E-state index in [9.17, 15) is 4.79 Å². The zero-order chi connectivity index (χ0) is 19.9. The SMILES string of the molecule is COc1cc2c(cc1OC)CN(C(=O)CN(C)CCOc1ccccc1)CC2. The van der Waals surface area contributed by atoms with Crippen LogP contribution in [0, 0.1) is 0 Å². The number of carbonyl (C=O) groups excluding carboxylic acids is 1. The van der Waals surface area contributed by atoms with Crippen LogP contribution in [0.25, 0.3) is 0 Å². The maximum atomic E-state index is 12.7. The number of nitrogens with zero attached hydrogens (tertiary/aromatic N) is 2. The molecule has 0 aliphatic carbocycles. The summed E-state index contributed by atoms with van der Waals surface area (Å²) in [5.74, 6) is 2.41. The monoisotopic (exact) mass is 384 g/mol. The highest BCUT2D eigenvalue weighted by Gasteiger charge is 2.23. The minimum atomic E-state index is 0.127. The molecule has 150 valence electrons. The van der Waals surface area contributed by atoms with Gasteiger partial charge in [-0.3, -0.25) is 9.69 Å². The van der Waals surface area contributed by atoms with Crippen LogP contribution in [0.4, 0.5) is 0 Å².